The van der Waals surface area contributed by atoms with Crippen LogP contribution in [0.4, 0.5) is 0 Å². The Morgan fingerprint density at radius 3 is 2.50 bits per heavy atom. The van der Waals surface area contributed by atoms with Crippen LogP contribution < -0.4 is 5.32 Å². The van der Waals surface area contributed by atoms with Gasteiger partial charge in [0.15, 0.2) is 0 Å². The number of allylic oxidation sites excluding steroid dienone is 1. The van der Waals surface area contributed by atoms with Crippen molar-refractivity contribution in [1.82, 2.24) is 5.32 Å². The molecule has 1 N–H and O–H groups in total. The lowest BCUT2D eigenvalue weighted by Gasteiger charge is -2.26. The standard InChI is InChI=1S/C15H29N/c1-4-11-16-12-5-6-14(3)15-9-7-13(2)8-10-15/h6,13,15-16H,4-5,7-12H2,1-3H3. The van der Waals surface area contributed by atoms with Crippen LogP contribution in [0.2, 0.25) is 0 Å². The van der Waals surface area contributed by atoms with Crippen molar-refractivity contribution in [3.8, 4) is 0 Å². The summed E-state index contributed by atoms with van der Waals surface area (Å²) in [6.45, 7) is 9.25. The fourth-order valence-corrected chi connectivity index (χ4v) is 2.59. The van der Waals surface area contributed by atoms with E-state index in [0.29, 0.717) is 0 Å². The highest BCUT2D eigenvalue weighted by molar-refractivity contribution is 5.04. The molecule has 0 aromatic heterocycles. The second kappa shape index (κ2) is 7.89. The molecule has 1 fully saturated rings. The zero-order chi connectivity index (χ0) is 11.8. The Bertz CT molecular complexity index is 199. The van der Waals surface area contributed by atoms with Crippen LogP contribution in [0.25, 0.3) is 0 Å². The Hall–Kier alpha value is -0.300. The topological polar surface area (TPSA) is 12.0 Å². The Morgan fingerprint density at radius 2 is 1.88 bits per heavy atom. The maximum atomic E-state index is 3.46. The third-order valence-electron chi connectivity index (χ3n) is 3.87. The summed E-state index contributed by atoms with van der Waals surface area (Å²) >= 11 is 0. The summed E-state index contributed by atoms with van der Waals surface area (Å²) in [6, 6.07) is 0. The number of hydrogen-bond donors (Lipinski definition) is 1. The molecule has 0 aromatic rings. The molecule has 1 heteroatoms. The van der Waals surface area contributed by atoms with Gasteiger partial charge in [0.05, 0.1) is 0 Å². The van der Waals surface area contributed by atoms with Gasteiger partial charge in [-0.1, -0.05) is 38.3 Å². The Balaban J connectivity index is 2.17. The van der Waals surface area contributed by atoms with Gasteiger partial charge in [-0.05, 0) is 57.5 Å². The monoisotopic (exact) mass is 223 g/mol. The largest absolute Gasteiger partial charge is 0.316 e. The molecule has 94 valence electrons. The molecule has 0 saturated heterocycles. The first kappa shape index (κ1) is 13.8. The molecule has 0 radical (unpaired) electrons. The number of nitrogens with one attached hydrogen (secondary N) is 1. The summed E-state index contributed by atoms with van der Waals surface area (Å²) < 4.78 is 0. The van der Waals surface area contributed by atoms with Crippen LogP contribution in [0.15, 0.2) is 11.6 Å². The van der Waals surface area contributed by atoms with Crippen LogP contribution in [-0.4, -0.2) is 13.1 Å². The maximum absolute atomic E-state index is 3.46. The van der Waals surface area contributed by atoms with Gasteiger partial charge in [-0.2, -0.15) is 0 Å². The lowest BCUT2D eigenvalue weighted by Crippen LogP contribution is -2.16. The predicted octanol–water partition coefficient (Wildman–Crippen LogP) is 4.15. The first-order valence-corrected chi connectivity index (χ1v) is 7.11. The molecule has 1 aliphatic rings. The van der Waals surface area contributed by atoms with E-state index in [9.17, 15) is 0 Å². The lowest BCUT2D eigenvalue weighted by atomic mass is 9.79. The van der Waals surface area contributed by atoms with Crippen molar-refractivity contribution in [2.24, 2.45) is 11.8 Å². The van der Waals surface area contributed by atoms with Crippen molar-refractivity contribution in [1.29, 1.82) is 0 Å². The zero-order valence-corrected chi connectivity index (χ0v) is 11.4. The molecule has 0 unspecified atom stereocenters. The van der Waals surface area contributed by atoms with Crippen molar-refractivity contribution in [3.63, 3.8) is 0 Å². The molecule has 1 rings (SSSR count). The van der Waals surface area contributed by atoms with Crippen LogP contribution in [0.1, 0.15) is 59.3 Å². The minimum absolute atomic E-state index is 0.891. The highest BCUT2D eigenvalue weighted by Crippen LogP contribution is 2.32. The van der Waals surface area contributed by atoms with Crippen molar-refractivity contribution in [3.05, 3.63) is 11.6 Å². The van der Waals surface area contributed by atoms with Crippen molar-refractivity contribution < 1.29 is 0 Å². The molecular formula is C15H29N. The molecule has 16 heavy (non-hydrogen) atoms. The third kappa shape index (κ3) is 5.16. The molecule has 0 amide bonds. The van der Waals surface area contributed by atoms with Crippen molar-refractivity contribution >= 4 is 0 Å². The summed E-state index contributed by atoms with van der Waals surface area (Å²) in [7, 11) is 0. The van der Waals surface area contributed by atoms with Gasteiger partial charge in [-0.3, -0.25) is 0 Å². The highest BCUT2D eigenvalue weighted by Gasteiger charge is 2.18. The van der Waals surface area contributed by atoms with E-state index in [1.165, 1.54) is 38.5 Å². The third-order valence-corrected chi connectivity index (χ3v) is 3.87. The van der Waals surface area contributed by atoms with Gasteiger partial charge >= 0.3 is 0 Å². The molecule has 1 saturated carbocycles. The Kier molecular flexibility index (Phi) is 6.79. The summed E-state index contributed by atoms with van der Waals surface area (Å²) in [6.07, 6.45) is 10.6. The minimum atomic E-state index is 0.891. The number of rotatable bonds is 6. The van der Waals surface area contributed by atoms with E-state index in [2.05, 4.69) is 32.2 Å². The zero-order valence-electron chi connectivity index (χ0n) is 11.4. The van der Waals surface area contributed by atoms with Crippen LogP contribution in [0.3, 0.4) is 0 Å². The molecule has 0 aromatic carbocycles. The van der Waals surface area contributed by atoms with E-state index in [-0.39, 0.29) is 0 Å². The first-order chi connectivity index (χ1) is 7.74. The molecule has 0 atom stereocenters. The fourth-order valence-electron chi connectivity index (χ4n) is 2.59. The van der Waals surface area contributed by atoms with E-state index in [1.54, 1.807) is 5.57 Å². The van der Waals surface area contributed by atoms with Gasteiger partial charge in [0, 0.05) is 0 Å². The van der Waals surface area contributed by atoms with Gasteiger partial charge in [0.2, 0.25) is 0 Å². The maximum Gasteiger partial charge on any atom is -0.00142 e. The molecule has 0 bridgehead atoms. The number of hydrogen-bond acceptors (Lipinski definition) is 1. The smallest absolute Gasteiger partial charge is 0.00142 e. The second-order valence-electron chi connectivity index (χ2n) is 5.44. The van der Waals surface area contributed by atoms with Crippen LogP contribution >= 0.6 is 0 Å². The molecule has 0 spiro atoms. The highest BCUT2D eigenvalue weighted by atomic mass is 14.8. The molecular weight excluding hydrogens is 194 g/mol. The van der Waals surface area contributed by atoms with Gasteiger partial charge in [0.1, 0.15) is 0 Å². The van der Waals surface area contributed by atoms with Crippen LogP contribution in [0.5, 0.6) is 0 Å². The first-order valence-electron chi connectivity index (χ1n) is 7.11. The summed E-state index contributed by atoms with van der Waals surface area (Å²) in [5, 5.41) is 3.46. The SMILES string of the molecule is CCCNCCC=C(C)C1CCC(C)CC1. The lowest BCUT2D eigenvalue weighted by molar-refractivity contribution is 0.320. The predicted molar refractivity (Wildman–Crippen MR) is 72.7 cm³/mol. The van der Waals surface area contributed by atoms with Crippen molar-refractivity contribution in [2.45, 2.75) is 59.3 Å². The average molecular weight is 223 g/mol. The molecule has 1 aliphatic carbocycles. The normalized spacial score (nSPS) is 27.1. The van der Waals surface area contributed by atoms with Gasteiger partial charge in [0.25, 0.3) is 0 Å². The van der Waals surface area contributed by atoms with Crippen molar-refractivity contribution in [2.75, 3.05) is 13.1 Å². The Morgan fingerprint density at radius 1 is 1.19 bits per heavy atom. The van der Waals surface area contributed by atoms with Crippen LogP contribution in [-0.2, 0) is 0 Å². The molecule has 0 aliphatic heterocycles. The fraction of sp³-hybridized carbons (Fsp3) is 0.867. The van der Waals surface area contributed by atoms with E-state index in [0.717, 1.165) is 24.9 Å². The van der Waals surface area contributed by atoms with E-state index < -0.39 is 0 Å². The van der Waals surface area contributed by atoms with Gasteiger partial charge in [-0.15, -0.1) is 0 Å². The van der Waals surface area contributed by atoms with E-state index in [4.69, 9.17) is 0 Å². The summed E-state index contributed by atoms with van der Waals surface area (Å²) in [4.78, 5) is 0. The molecule has 1 nitrogen and oxygen atoms in total. The molecule has 0 heterocycles. The van der Waals surface area contributed by atoms with Gasteiger partial charge in [-0.25, -0.2) is 0 Å². The summed E-state index contributed by atoms with van der Waals surface area (Å²) in [5.41, 5.74) is 1.64. The van der Waals surface area contributed by atoms with E-state index in [1.807, 2.05) is 0 Å². The van der Waals surface area contributed by atoms with Gasteiger partial charge < -0.3 is 5.32 Å². The second-order valence-corrected chi connectivity index (χ2v) is 5.44. The quantitative estimate of drug-likeness (QED) is 0.527. The van der Waals surface area contributed by atoms with Crippen LogP contribution in [0, 0.1) is 11.8 Å². The summed E-state index contributed by atoms with van der Waals surface area (Å²) in [5.74, 6) is 1.86. The average Bonchev–Trinajstić information content (AvgIpc) is 2.29. The van der Waals surface area contributed by atoms with E-state index >= 15 is 0 Å². The Labute approximate surface area is 102 Å². The minimum Gasteiger partial charge on any atom is -0.316 e.